The van der Waals surface area contributed by atoms with Crippen molar-refractivity contribution in [3.05, 3.63) is 90.0 Å². The highest BCUT2D eigenvalue weighted by Gasteiger charge is 2.62. The van der Waals surface area contributed by atoms with Gasteiger partial charge in [0.05, 0.1) is 11.2 Å². The number of para-hydroxylation sites is 1. The molecule has 1 aromatic heterocycles. The molecular formula is C40H39BO3. The molecule has 4 heteroatoms. The normalized spacial score (nSPS) is 30.5. The fourth-order valence-electron chi connectivity index (χ4n) is 10.4. The van der Waals surface area contributed by atoms with Gasteiger partial charge in [-0.3, -0.25) is 0 Å². The Kier molecular flexibility index (Phi) is 4.99. The maximum absolute atomic E-state index is 6.58. The summed E-state index contributed by atoms with van der Waals surface area (Å²) in [4.78, 5) is 0. The zero-order valence-electron chi connectivity index (χ0n) is 26.2. The van der Waals surface area contributed by atoms with E-state index in [0.717, 1.165) is 23.0 Å². The van der Waals surface area contributed by atoms with Crippen LogP contribution in [0.1, 0.15) is 70.9 Å². The number of benzene rings is 4. The minimum absolute atomic E-state index is 0.0667. The van der Waals surface area contributed by atoms with Crippen molar-refractivity contribution in [2.24, 2.45) is 23.7 Å². The fourth-order valence-corrected chi connectivity index (χ4v) is 10.4. The molecule has 0 amide bonds. The minimum Gasteiger partial charge on any atom is -0.456 e. The third-order valence-electron chi connectivity index (χ3n) is 12.9. The van der Waals surface area contributed by atoms with Crippen LogP contribution in [0.3, 0.4) is 0 Å². The number of fused-ring (bicyclic) bond motifs is 6. The molecule has 1 saturated heterocycles. The minimum atomic E-state index is -0.351. The van der Waals surface area contributed by atoms with Crippen molar-refractivity contribution in [1.29, 1.82) is 0 Å². The molecule has 0 unspecified atom stereocenters. The van der Waals surface area contributed by atoms with Crippen molar-refractivity contribution in [3.8, 4) is 22.3 Å². The highest BCUT2D eigenvalue weighted by Crippen LogP contribution is 2.69. The summed E-state index contributed by atoms with van der Waals surface area (Å²) < 4.78 is 19.5. The molecule has 0 radical (unpaired) electrons. The van der Waals surface area contributed by atoms with E-state index in [0.29, 0.717) is 11.8 Å². The van der Waals surface area contributed by atoms with Gasteiger partial charge in [-0.15, -0.1) is 0 Å². The van der Waals surface area contributed by atoms with E-state index in [4.69, 9.17) is 13.7 Å². The molecule has 5 fully saturated rings. The highest BCUT2D eigenvalue weighted by atomic mass is 16.7. The molecule has 5 aromatic rings. The van der Waals surface area contributed by atoms with Crippen molar-refractivity contribution < 1.29 is 13.7 Å². The molecular weight excluding hydrogens is 539 g/mol. The van der Waals surface area contributed by atoms with Gasteiger partial charge in [-0.1, -0.05) is 54.6 Å². The molecule has 6 aliphatic rings. The van der Waals surface area contributed by atoms with Gasteiger partial charge < -0.3 is 13.7 Å². The van der Waals surface area contributed by atoms with Gasteiger partial charge in [0.1, 0.15) is 11.2 Å². The number of hydrogen-bond donors (Lipinski definition) is 0. The van der Waals surface area contributed by atoms with Crippen molar-refractivity contribution in [2.45, 2.75) is 76.4 Å². The summed E-state index contributed by atoms with van der Waals surface area (Å²) in [6.45, 7) is 8.61. The Bertz CT molecular complexity index is 1970. The first-order valence-electron chi connectivity index (χ1n) is 16.8. The predicted molar refractivity (Wildman–Crippen MR) is 178 cm³/mol. The van der Waals surface area contributed by atoms with Crippen LogP contribution in [0.2, 0.25) is 0 Å². The Morgan fingerprint density at radius 2 is 1.18 bits per heavy atom. The van der Waals surface area contributed by atoms with Crippen LogP contribution in [0.5, 0.6) is 0 Å². The summed E-state index contributed by atoms with van der Waals surface area (Å²) in [6.07, 6.45) is 6.90. The van der Waals surface area contributed by atoms with Crippen LogP contribution >= 0.6 is 0 Å². The lowest BCUT2D eigenvalue weighted by Gasteiger charge is -2.61. The van der Waals surface area contributed by atoms with Gasteiger partial charge in [-0.05, 0) is 147 Å². The van der Waals surface area contributed by atoms with Crippen LogP contribution in [0.4, 0.5) is 0 Å². The predicted octanol–water partition coefficient (Wildman–Crippen LogP) is 9.27. The molecule has 4 aromatic carbocycles. The second-order valence-corrected chi connectivity index (χ2v) is 15.6. The lowest BCUT2D eigenvalue weighted by atomic mass is 9.43. The van der Waals surface area contributed by atoms with E-state index >= 15 is 0 Å². The molecule has 220 valence electrons. The Balaban J connectivity index is 1.14. The summed E-state index contributed by atoms with van der Waals surface area (Å²) in [5.41, 5.74) is 10.9. The van der Waals surface area contributed by atoms with Crippen LogP contribution < -0.4 is 5.46 Å². The van der Waals surface area contributed by atoms with E-state index in [1.54, 1.807) is 11.1 Å². The molecule has 4 saturated carbocycles. The van der Waals surface area contributed by atoms with E-state index in [-0.39, 0.29) is 23.7 Å². The van der Waals surface area contributed by atoms with E-state index in [1.807, 2.05) is 6.07 Å². The first-order chi connectivity index (χ1) is 21.2. The van der Waals surface area contributed by atoms with Crippen LogP contribution in [0.25, 0.3) is 44.2 Å². The maximum Gasteiger partial charge on any atom is 0.494 e. The summed E-state index contributed by atoms with van der Waals surface area (Å²) in [7, 11) is -0.339. The number of rotatable bonds is 2. The second-order valence-electron chi connectivity index (χ2n) is 15.6. The molecule has 2 heterocycles. The molecule has 1 aliphatic heterocycles. The van der Waals surface area contributed by atoms with Gasteiger partial charge in [-0.2, -0.15) is 0 Å². The van der Waals surface area contributed by atoms with Crippen LogP contribution in [-0.2, 0) is 14.7 Å². The average Bonchev–Trinajstić information content (AvgIpc) is 3.59. The van der Waals surface area contributed by atoms with Gasteiger partial charge in [0.2, 0.25) is 0 Å². The largest absolute Gasteiger partial charge is 0.494 e. The monoisotopic (exact) mass is 578 g/mol. The van der Waals surface area contributed by atoms with E-state index < -0.39 is 0 Å². The van der Waals surface area contributed by atoms with Gasteiger partial charge in [0.25, 0.3) is 0 Å². The van der Waals surface area contributed by atoms with Crippen LogP contribution in [0, 0.1) is 23.7 Å². The third kappa shape index (κ3) is 3.26. The van der Waals surface area contributed by atoms with Crippen molar-refractivity contribution in [2.75, 3.05) is 0 Å². The van der Waals surface area contributed by atoms with Gasteiger partial charge >= 0.3 is 7.12 Å². The summed E-state index contributed by atoms with van der Waals surface area (Å²) in [5.74, 6) is 3.20. The third-order valence-corrected chi connectivity index (χ3v) is 12.9. The zero-order chi connectivity index (χ0) is 29.6. The summed E-state index contributed by atoms with van der Waals surface area (Å²) in [6, 6.07) is 29.6. The van der Waals surface area contributed by atoms with Crippen molar-refractivity contribution in [3.63, 3.8) is 0 Å². The Morgan fingerprint density at radius 3 is 1.91 bits per heavy atom. The van der Waals surface area contributed by atoms with Crippen LogP contribution in [0.15, 0.2) is 83.3 Å². The standard InChI is InChI=1S/C40H39BO3/c1-38(2)39(3,4)44-41(43-38)29-11-14-31-30-12-9-25(26-10-13-33-32-7-5-6-8-36(32)42-37(33)21-26)20-34(30)40(35(31)22-29)27-16-23-15-24(18-27)19-28(40)17-23/h5-14,20-24,27-28H,15-19H2,1-4H3. The van der Waals surface area contributed by atoms with E-state index in [2.05, 4.69) is 100 Å². The van der Waals surface area contributed by atoms with Gasteiger partial charge in [-0.25, -0.2) is 0 Å². The molecule has 0 N–H and O–H groups in total. The molecule has 11 rings (SSSR count). The Hall–Kier alpha value is -3.34. The second kappa shape index (κ2) is 8.47. The smallest absolute Gasteiger partial charge is 0.456 e. The summed E-state index contributed by atoms with van der Waals surface area (Å²) >= 11 is 0. The molecule has 3 nitrogen and oxygen atoms in total. The number of hydrogen-bond acceptors (Lipinski definition) is 3. The van der Waals surface area contributed by atoms with Crippen molar-refractivity contribution >= 4 is 34.5 Å². The Morgan fingerprint density at radius 1 is 0.591 bits per heavy atom. The first kappa shape index (κ1) is 25.9. The highest BCUT2D eigenvalue weighted by molar-refractivity contribution is 6.62. The number of furan rings is 1. The van der Waals surface area contributed by atoms with Gasteiger partial charge in [0, 0.05) is 16.2 Å². The molecule has 4 bridgehead atoms. The summed E-state index contributed by atoms with van der Waals surface area (Å²) in [5, 5.41) is 2.37. The lowest BCUT2D eigenvalue weighted by Crippen LogP contribution is -2.55. The van der Waals surface area contributed by atoms with Crippen LogP contribution in [-0.4, -0.2) is 18.3 Å². The quantitative estimate of drug-likeness (QED) is 0.196. The van der Waals surface area contributed by atoms with Crippen molar-refractivity contribution in [1.82, 2.24) is 0 Å². The zero-order valence-corrected chi connectivity index (χ0v) is 26.2. The maximum atomic E-state index is 6.58. The molecule has 1 spiro atoms. The fraction of sp³-hybridized carbons (Fsp3) is 0.400. The van der Waals surface area contributed by atoms with E-state index in [1.165, 1.54) is 70.6 Å². The lowest BCUT2D eigenvalue weighted by molar-refractivity contribution is -0.0399. The average molecular weight is 579 g/mol. The SMILES string of the molecule is CC1(C)OB(c2ccc3c(c2)C2(c4cc(-c5ccc6c(c5)oc5ccccc56)ccc4-3)C3CC4CC(C3)CC2C4)OC1(C)C. The van der Waals surface area contributed by atoms with Gasteiger partial charge in [0.15, 0.2) is 0 Å². The molecule has 5 aliphatic carbocycles. The Labute approximate surface area is 260 Å². The molecule has 44 heavy (non-hydrogen) atoms. The first-order valence-corrected chi connectivity index (χ1v) is 16.8. The topological polar surface area (TPSA) is 31.6 Å². The molecule has 0 atom stereocenters. The van der Waals surface area contributed by atoms with E-state index in [9.17, 15) is 0 Å².